The summed E-state index contributed by atoms with van der Waals surface area (Å²) in [5, 5.41) is 10.9. The highest BCUT2D eigenvalue weighted by Crippen LogP contribution is 2.11. The third kappa shape index (κ3) is 3.23. The number of carboxylic acid groups (broad SMARTS) is 1. The molecule has 0 aliphatic carbocycles. The number of hydrogen-bond donors (Lipinski definition) is 2. The topological polar surface area (TPSA) is 86.7 Å². The van der Waals surface area contributed by atoms with E-state index in [2.05, 4.69) is 5.32 Å². The number of amides is 2. The molecule has 0 spiro atoms. The molecule has 0 saturated carbocycles. The van der Waals surface area contributed by atoms with Gasteiger partial charge in [-0.1, -0.05) is 0 Å². The highest BCUT2D eigenvalue weighted by Gasteiger charge is 2.27. The predicted octanol–water partition coefficient (Wildman–Crippen LogP) is -0.891. The van der Waals surface area contributed by atoms with Crippen molar-refractivity contribution in [3.05, 3.63) is 0 Å². The van der Waals surface area contributed by atoms with E-state index >= 15 is 0 Å². The summed E-state index contributed by atoms with van der Waals surface area (Å²) in [6.45, 7) is 0.123. The smallest absolute Gasteiger partial charge is 0.323 e. The van der Waals surface area contributed by atoms with Gasteiger partial charge in [0.2, 0.25) is 5.91 Å². The van der Waals surface area contributed by atoms with Crippen LogP contribution in [0.15, 0.2) is 0 Å². The van der Waals surface area contributed by atoms with E-state index < -0.39 is 12.0 Å². The molecule has 2 N–H and O–H groups in total. The van der Waals surface area contributed by atoms with Gasteiger partial charge < -0.3 is 15.3 Å². The molecular weight excluding hydrogens is 200 g/mol. The minimum atomic E-state index is -1.04. The Bertz CT molecular complexity index is 267. The fourth-order valence-corrected chi connectivity index (χ4v) is 1.63. The molecule has 6 nitrogen and oxygen atoms in total. The largest absolute Gasteiger partial charge is 0.480 e. The van der Waals surface area contributed by atoms with Crippen molar-refractivity contribution in [3.8, 4) is 0 Å². The fourth-order valence-electron chi connectivity index (χ4n) is 1.63. The summed E-state index contributed by atoms with van der Waals surface area (Å²) in [4.78, 5) is 33.6. The van der Waals surface area contributed by atoms with Crippen LogP contribution >= 0.6 is 0 Å². The molecule has 0 aromatic rings. The first-order valence-corrected chi connectivity index (χ1v) is 4.78. The number of nitrogens with one attached hydrogen (secondary N) is 1. The molecule has 1 aliphatic heterocycles. The number of carbonyl (C=O) groups is 2. The maximum Gasteiger partial charge on any atom is 0.323 e. The standard InChI is InChI=1S/C9H13N2O4/c12-6-10-7-3-1-2-4-11(9(7)15)5-8(13)14/h7H,1-5H2,(H,10,12)(H,13,14)/t7-/m0/s1. The Kier molecular flexibility index (Phi) is 4.08. The second-order valence-corrected chi connectivity index (χ2v) is 3.45. The van der Waals surface area contributed by atoms with Crippen LogP contribution in [0.1, 0.15) is 19.3 Å². The van der Waals surface area contributed by atoms with Crippen molar-refractivity contribution in [2.24, 2.45) is 0 Å². The van der Waals surface area contributed by atoms with Crippen LogP contribution in [0.3, 0.4) is 0 Å². The summed E-state index contributed by atoms with van der Waals surface area (Å²) >= 11 is 0. The molecule has 15 heavy (non-hydrogen) atoms. The summed E-state index contributed by atoms with van der Waals surface area (Å²) in [7, 11) is 0. The number of aliphatic carboxylic acids is 1. The van der Waals surface area contributed by atoms with Crippen LogP contribution in [0.5, 0.6) is 0 Å². The molecule has 1 heterocycles. The maximum atomic E-state index is 11.7. The zero-order valence-corrected chi connectivity index (χ0v) is 8.23. The average Bonchev–Trinajstić information content (AvgIpc) is 2.33. The number of nitrogens with zero attached hydrogens (tertiary/aromatic N) is 1. The second-order valence-electron chi connectivity index (χ2n) is 3.45. The van der Waals surface area contributed by atoms with Crippen LogP contribution < -0.4 is 5.32 Å². The Morgan fingerprint density at radius 1 is 1.60 bits per heavy atom. The third-order valence-corrected chi connectivity index (χ3v) is 2.34. The average molecular weight is 213 g/mol. The Morgan fingerprint density at radius 3 is 2.93 bits per heavy atom. The Balaban J connectivity index is 2.65. The van der Waals surface area contributed by atoms with E-state index in [0.717, 1.165) is 12.8 Å². The summed E-state index contributed by atoms with van der Waals surface area (Å²) in [6, 6.07) is -0.621. The lowest BCUT2D eigenvalue weighted by molar-refractivity contribution is -0.144. The van der Waals surface area contributed by atoms with Gasteiger partial charge in [-0.05, 0) is 19.3 Å². The SMILES string of the molecule is O=[C]N[C@H]1CCCCN(CC(=O)O)C1=O. The highest BCUT2D eigenvalue weighted by atomic mass is 16.4. The Hall–Kier alpha value is -1.59. The molecule has 0 aromatic carbocycles. The number of carbonyl (C=O) groups excluding carboxylic acids is 2. The van der Waals surface area contributed by atoms with E-state index in [-0.39, 0.29) is 12.5 Å². The van der Waals surface area contributed by atoms with Crippen molar-refractivity contribution in [3.63, 3.8) is 0 Å². The van der Waals surface area contributed by atoms with Crippen molar-refractivity contribution < 1.29 is 19.5 Å². The van der Waals surface area contributed by atoms with Gasteiger partial charge in [0.1, 0.15) is 12.6 Å². The van der Waals surface area contributed by atoms with Crippen LogP contribution in [-0.4, -0.2) is 47.4 Å². The summed E-state index contributed by atoms with van der Waals surface area (Å²) < 4.78 is 0. The van der Waals surface area contributed by atoms with E-state index in [1.807, 2.05) is 0 Å². The van der Waals surface area contributed by atoms with Gasteiger partial charge in [0.25, 0.3) is 0 Å². The Labute approximate surface area is 87.2 Å². The molecule has 2 amide bonds. The molecule has 1 radical (unpaired) electrons. The molecule has 1 aliphatic rings. The van der Waals surface area contributed by atoms with Gasteiger partial charge in [0, 0.05) is 6.54 Å². The van der Waals surface area contributed by atoms with Crippen molar-refractivity contribution in [2.45, 2.75) is 25.3 Å². The summed E-state index contributed by atoms with van der Waals surface area (Å²) in [5.41, 5.74) is 0. The minimum Gasteiger partial charge on any atom is -0.480 e. The molecule has 0 aromatic heterocycles. The van der Waals surface area contributed by atoms with Gasteiger partial charge in [-0.25, -0.2) is 0 Å². The van der Waals surface area contributed by atoms with Gasteiger partial charge in [-0.15, -0.1) is 0 Å². The van der Waals surface area contributed by atoms with Crippen LogP contribution in [-0.2, 0) is 14.4 Å². The normalized spacial score (nSPS) is 22.0. The molecule has 83 valence electrons. The number of hydrogen-bond acceptors (Lipinski definition) is 3. The van der Waals surface area contributed by atoms with Gasteiger partial charge in [-0.2, -0.15) is 0 Å². The predicted molar refractivity (Wildman–Crippen MR) is 50.7 cm³/mol. The second kappa shape index (κ2) is 5.33. The molecule has 0 unspecified atom stereocenters. The van der Waals surface area contributed by atoms with Gasteiger partial charge >= 0.3 is 12.4 Å². The molecule has 1 atom stereocenters. The van der Waals surface area contributed by atoms with Crippen molar-refractivity contribution in [1.82, 2.24) is 10.2 Å². The van der Waals surface area contributed by atoms with E-state index in [0.29, 0.717) is 13.0 Å². The Morgan fingerprint density at radius 2 is 2.33 bits per heavy atom. The first-order chi connectivity index (χ1) is 7.15. The first kappa shape index (κ1) is 11.5. The van der Waals surface area contributed by atoms with Crippen LogP contribution in [0.2, 0.25) is 0 Å². The minimum absolute atomic E-state index is 0.310. The number of carboxylic acids is 1. The van der Waals surface area contributed by atoms with Gasteiger partial charge in [0.05, 0.1) is 0 Å². The zero-order chi connectivity index (χ0) is 11.3. The van der Waals surface area contributed by atoms with Gasteiger partial charge in [-0.3, -0.25) is 14.4 Å². The summed E-state index contributed by atoms with van der Waals surface area (Å²) in [6.07, 6.45) is 3.57. The fraction of sp³-hybridized carbons (Fsp3) is 0.667. The van der Waals surface area contributed by atoms with E-state index in [9.17, 15) is 14.4 Å². The molecule has 1 saturated heterocycles. The molecule has 6 heteroatoms. The van der Waals surface area contributed by atoms with Crippen LogP contribution in [0, 0.1) is 0 Å². The highest BCUT2D eigenvalue weighted by molar-refractivity contribution is 5.86. The zero-order valence-electron chi connectivity index (χ0n) is 8.23. The van der Waals surface area contributed by atoms with Crippen LogP contribution in [0.4, 0.5) is 0 Å². The molecule has 1 fully saturated rings. The van der Waals surface area contributed by atoms with E-state index in [1.54, 1.807) is 0 Å². The quantitative estimate of drug-likeness (QED) is 0.593. The van der Waals surface area contributed by atoms with E-state index in [4.69, 9.17) is 5.11 Å². The monoisotopic (exact) mass is 213 g/mol. The third-order valence-electron chi connectivity index (χ3n) is 2.34. The molecular formula is C9H13N2O4. The number of likely N-dealkylation sites (tertiary alicyclic amines) is 1. The molecule has 0 bridgehead atoms. The lowest BCUT2D eigenvalue weighted by Crippen LogP contribution is -2.46. The van der Waals surface area contributed by atoms with Gasteiger partial charge in [0.15, 0.2) is 0 Å². The maximum absolute atomic E-state index is 11.7. The van der Waals surface area contributed by atoms with Crippen LogP contribution in [0.25, 0.3) is 0 Å². The van der Waals surface area contributed by atoms with E-state index in [1.165, 1.54) is 11.3 Å². The van der Waals surface area contributed by atoms with Crippen molar-refractivity contribution in [1.29, 1.82) is 0 Å². The first-order valence-electron chi connectivity index (χ1n) is 4.78. The summed E-state index contributed by atoms with van der Waals surface area (Å²) in [5.74, 6) is -1.38. The number of rotatable bonds is 4. The lowest BCUT2D eigenvalue weighted by Gasteiger charge is -2.21. The lowest BCUT2D eigenvalue weighted by atomic mass is 10.1. The molecule has 1 rings (SSSR count). The van der Waals surface area contributed by atoms with Crippen molar-refractivity contribution >= 4 is 18.3 Å². The van der Waals surface area contributed by atoms with Crippen molar-refractivity contribution in [2.75, 3.05) is 13.1 Å².